The molecule has 15 heavy (non-hydrogen) atoms. The van der Waals surface area contributed by atoms with Crippen molar-refractivity contribution in [2.24, 2.45) is 0 Å². The maximum atomic E-state index is 8.90. The van der Waals surface area contributed by atoms with Gasteiger partial charge in [-0.05, 0) is 18.4 Å². The van der Waals surface area contributed by atoms with E-state index >= 15 is 0 Å². The molecule has 2 rings (SSSR count). The van der Waals surface area contributed by atoms with E-state index in [0.29, 0.717) is 0 Å². The molecule has 80 valence electrons. The zero-order valence-electron chi connectivity index (χ0n) is 9.02. The van der Waals surface area contributed by atoms with Crippen molar-refractivity contribution < 1.29 is 5.11 Å². The molecule has 0 heterocycles. The maximum Gasteiger partial charge on any atom is 0.0612 e. The quantitative estimate of drug-likeness (QED) is 0.747. The monoisotopic (exact) mass is 202 g/mol. The fourth-order valence-electron chi connectivity index (χ4n) is 2.61. The van der Waals surface area contributed by atoms with Crippen LogP contribution in [0.4, 0.5) is 0 Å². The fourth-order valence-corrected chi connectivity index (χ4v) is 2.61. The third-order valence-electron chi connectivity index (χ3n) is 3.39. The Kier molecular flexibility index (Phi) is 3.22. The van der Waals surface area contributed by atoms with Crippen LogP contribution in [0.15, 0.2) is 42.5 Å². The first-order valence-corrected chi connectivity index (χ1v) is 5.71. The van der Waals surface area contributed by atoms with Crippen molar-refractivity contribution >= 4 is 0 Å². The van der Waals surface area contributed by atoms with Crippen molar-refractivity contribution in [1.29, 1.82) is 0 Å². The smallest absolute Gasteiger partial charge is 0.0612 e. The lowest BCUT2D eigenvalue weighted by Crippen LogP contribution is -2.18. The van der Waals surface area contributed by atoms with Crippen LogP contribution in [0.25, 0.3) is 0 Å². The normalized spacial score (nSPS) is 19.8. The van der Waals surface area contributed by atoms with E-state index in [1.54, 1.807) is 0 Å². The average Bonchev–Trinajstić information content (AvgIpc) is 2.78. The number of allylic oxidation sites excluding steroid dienone is 1. The van der Waals surface area contributed by atoms with Gasteiger partial charge in [0.25, 0.3) is 0 Å². The van der Waals surface area contributed by atoms with E-state index < -0.39 is 0 Å². The van der Waals surface area contributed by atoms with Crippen LogP contribution in [-0.4, -0.2) is 11.7 Å². The summed E-state index contributed by atoms with van der Waals surface area (Å²) in [5.41, 5.74) is 1.59. The topological polar surface area (TPSA) is 20.2 Å². The van der Waals surface area contributed by atoms with Crippen LogP contribution in [0.1, 0.15) is 31.2 Å². The Morgan fingerprint density at radius 3 is 2.40 bits per heavy atom. The summed E-state index contributed by atoms with van der Waals surface area (Å²) < 4.78 is 0. The minimum atomic E-state index is 0.147. The number of aliphatic hydroxyl groups excluding tert-OH is 1. The largest absolute Gasteiger partial charge is 0.392 e. The Morgan fingerprint density at radius 2 is 1.80 bits per heavy atom. The van der Waals surface area contributed by atoms with Gasteiger partial charge in [-0.25, -0.2) is 0 Å². The van der Waals surface area contributed by atoms with Gasteiger partial charge in [0.05, 0.1) is 6.61 Å². The summed E-state index contributed by atoms with van der Waals surface area (Å²) in [6, 6.07) is 10.7. The molecule has 1 aromatic rings. The summed E-state index contributed by atoms with van der Waals surface area (Å²) in [5.74, 6) is 0. The highest BCUT2D eigenvalue weighted by Crippen LogP contribution is 2.42. The second kappa shape index (κ2) is 4.63. The second-order valence-electron chi connectivity index (χ2n) is 4.31. The van der Waals surface area contributed by atoms with E-state index in [-0.39, 0.29) is 12.0 Å². The van der Waals surface area contributed by atoms with E-state index in [1.807, 2.05) is 6.08 Å². The van der Waals surface area contributed by atoms with E-state index in [0.717, 1.165) is 0 Å². The standard InChI is InChI=1S/C14H18O/c15-12-6-11-14(9-4-5-10-14)13-7-2-1-3-8-13/h1-3,6-8,11,15H,4-5,9-10,12H2/b11-6+. The summed E-state index contributed by atoms with van der Waals surface area (Å²) in [4.78, 5) is 0. The van der Waals surface area contributed by atoms with Gasteiger partial charge < -0.3 is 5.11 Å². The Bertz CT molecular complexity index is 320. The van der Waals surface area contributed by atoms with Gasteiger partial charge in [0.1, 0.15) is 0 Å². The van der Waals surface area contributed by atoms with Gasteiger partial charge in [0.15, 0.2) is 0 Å². The number of rotatable bonds is 3. The first-order chi connectivity index (χ1) is 7.37. The van der Waals surface area contributed by atoms with Crippen LogP contribution in [0.5, 0.6) is 0 Å². The first-order valence-electron chi connectivity index (χ1n) is 5.71. The third-order valence-corrected chi connectivity index (χ3v) is 3.39. The summed E-state index contributed by atoms with van der Waals surface area (Å²) in [6.45, 7) is 0.147. The molecule has 1 aliphatic carbocycles. The summed E-state index contributed by atoms with van der Waals surface area (Å²) in [7, 11) is 0. The number of hydrogen-bond acceptors (Lipinski definition) is 1. The molecule has 1 saturated carbocycles. The molecule has 0 unspecified atom stereocenters. The van der Waals surface area contributed by atoms with Crippen molar-refractivity contribution in [3.05, 3.63) is 48.0 Å². The molecule has 0 saturated heterocycles. The van der Waals surface area contributed by atoms with Crippen LogP contribution in [-0.2, 0) is 5.41 Å². The number of aliphatic hydroxyl groups is 1. The Hall–Kier alpha value is -1.08. The zero-order chi connectivity index (χ0) is 10.6. The minimum absolute atomic E-state index is 0.147. The second-order valence-corrected chi connectivity index (χ2v) is 4.31. The molecule has 1 aliphatic rings. The van der Waals surface area contributed by atoms with Crippen molar-refractivity contribution in [2.75, 3.05) is 6.61 Å². The SMILES string of the molecule is OC/C=C/C1(c2ccccc2)CCCC1. The minimum Gasteiger partial charge on any atom is -0.392 e. The summed E-state index contributed by atoms with van der Waals surface area (Å²) >= 11 is 0. The first kappa shape index (κ1) is 10.4. The molecule has 0 aromatic heterocycles. The van der Waals surface area contributed by atoms with Gasteiger partial charge in [-0.1, -0.05) is 55.3 Å². The van der Waals surface area contributed by atoms with Gasteiger partial charge >= 0.3 is 0 Å². The van der Waals surface area contributed by atoms with Crippen molar-refractivity contribution in [1.82, 2.24) is 0 Å². The molecule has 0 atom stereocenters. The van der Waals surface area contributed by atoms with E-state index in [1.165, 1.54) is 31.2 Å². The van der Waals surface area contributed by atoms with E-state index in [2.05, 4.69) is 36.4 Å². The highest BCUT2D eigenvalue weighted by molar-refractivity contribution is 5.32. The average molecular weight is 202 g/mol. The Balaban J connectivity index is 2.30. The Labute approximate surface area is 91.4 Å². The molecule has 0 amide bonds. The third kappa shape index (κ3) is 2.13. The molecule has 1 heteroatoms. The summed E-state index contributed by atoms with van der Waals surface area (Å²) in [5, 5.41) is 8.90. The van der Waals surface area contributed by atoms with Crippen LogP contribution < -0.4 is 0 Å². The summed E-state index contributed by atoms with van der Waals surface area (Å²) in [6.07, 6.45) is 9.12. The highest BCUT2D eigenvalue weighted by atomic mass is 16.2. The van der Waals surface area contributed by atoms with E-state index in [4.69, 9.17) is 5.11 Å². The van der Waals surface area contributed by atoms with Crippen molar-refractivity contribution in [3.8, 4) is 0 Å². The predicted octanol–water partition coefficient (Wildman–Crippen LogP) is 3.05. The van der Waals surface area contributed by atoms with Crippen LogP contribution in [0.3, 0.4) is 0 Å². The van der Waals surface area contributed by atoms with Gasteiger partial charge in [0, 0.05) is 5.41 Å². The lowest BCUT2D eigenvalue weighted by molar-refractivity contribution is 0.341. The van der Waals surface area contributed by atoms with Gasteiger partial charge in [-0.15, -0.1) is 0 Å². The molecular formula is C14H18O. The lowest BCUT2D eigenvalue weighted by Gasteiger charge is -2.25. The van der Waals surface area contributed by atoms with Gasteiger partial charge in [0.2, 0.25) is 0 Å². The molecule has 1 N–H and O–H groups in total. The van der Waals surface area contributed by atoms with Gasteiger partial charge in [-0.3, -0.25) is 0 Å². The van der Waals surface area contributed by atoms with Crippen LogP contribution >= 0.6 is 0 Å². The number of hydrogen-bond donors (Lipinski definition) is 1. The maximum absolute atomic E-state index is 8.90. The zero-order valence-corrected chi connectivity index (χ0v) is 9.02. The van der Waals surface area contributed by atoms with E-state index in [9.17, 15) is 0 Å². The van der Waals surface area contributed by atoms with Crippen LogP contribution in [0.2, 0.25) is 0 Å². The molecular weight excluding hydrogens is 184 g/mol. The molecule has 1 fully saturated rings. The fraction of sp³-hybridized carbons (Fsp3) is 0.429. The predicted molar refractivity (Wildman–Crippen MR) is 62.8 cm³/mol. The van der Waals surface area contributed by atoms with Crippen molar-refractivity contribution in [2.45, 2.75) is 31.1 Å². The molecule has 0 spiro atoms. The Morgan fingerprint density at radius 1 is 1.13 bits per heavy atom. The van der Waals surface area contributed by atoms with Crippen molar-refractivity contribution in [3.63, 3.8) is 0 Å². The molecule has 0 aliphatic heterocycles. The van der Waals surface area contributed by atoms with Gasteiger partial charge in [-0.2, -0.15) is 0 Å². The number of benzene rings is 1. The molecule has 1 nitrogen and oxygen atoms in total. The lowest BCUT2D eigenvalue weighted by atomic mass is 9.78. The van der Waals surface area contributed by atoms with Crippen LogP contribution in [0, 0.1) is 0 Å². The molecule has 0 radical (unpaired) electrons. The highest BCUT2D eigenvalue weighted by Gasteiger charge is 2.32. The molecule has 1 aromatic carbocycles. The molecule has 0 bridgehead atoms.